The van der Waals surface area contributed by atoms with E-state index in [-0.39, 0.29) is 11.8 Å². The summed E-state index contributed by atoms with van der Waals surface area (Å²) in [5.41, 5.74) is 2.54. The highest BCUT2D eigenvalue weighted by molar-refractivity contribution is 6.00. The van der Waals surface area contributed by atoms with Crippen LogP contribution in [0.1, 0.15) is 60.0 Å². The maximum atomic E-state index is 13.5. The fraction of sp³-hybridized carbons (Fsp3) is 0.400. The lowest BCUT2D eigenvalue weighted by atomic mass is 9.96. The van der Waals surface area contributed by atoms with E-state index in [9.17, 15) is 4.79 Å². The molecule has 1 atom stereocenters. The number of rotatable bonds is 4. The lowest BCUT2D eigenvalue weighted by Crippen LogP contribution is -2.40. The van der Waals surface area contributed by atoms with Gasteiger partial charge in [-0.15, -0.1) is 10.2 Å². The quantitative estimate of drug-likeness (QED) is 0.667. The SMILES string of the molecule is O=C(c1ccccc1Nc1ccccc1)N1CCCC(c2nnc3n2CCCCC3)C1. The molecule has 1 fully saturated rings. The highest BCUT2D eigenvalue weighted by Gasteiger charge is 2.30. The van der Waals surface area contributed by atoms with Gasteiger partial charge >= 0.3 is 0 Å². The van der Waals surface area contributed by atoms with E-state index >= 15 is 0 Å². The van der Waals surface area contributed by atoms with E-state index < -0.39 is 0 Å². The summed E-state index contributed by atoms with van der Waals surface area (Å²) in [5.74, 6) is 2.53. The average Bonchev–Trinajstić information content (AvgIpc) is 3.08. The number of amides is 1. The molecule has 3 aromatic rings. The fourth-order valence-corrected chi connectivity index (χ4v) is 4.81. The Hall–Kier alpha value is -3.15. The van der Waals surface area contributed by atoms with Gasteiger partial charge in [0.15, 0.2) is 0 Å². The second-order valence-corrected chi connectivity index (χ2v) is 8.56. The molecule has 160 valence electrons. The molecule has 6 heteroatoms. The zero-order chi connectivity index (χ0) is 21.0. The molecule has 5 rings (SSSR count). The summed E-state index contributed by atoms with van der Waals surface area (Å²) in [5, 5.41) is 12.5. The minimum Gasteiger partial charge on any atom is -0.355 e. The monoisotopic (exact) mass is 415 g/mol. The van der Waals surface area contributed by atoms with Crippen molar-refractivity contribution in [1.82, 2.24) is 19.7 Å². The third-order valence-corrected chi connectivity index (χ3v) is 6.42. The number of likely N-dealkylation sites (tertiary alicyclic amines) is 1. The van der Waals surface area contributed by atoms with Crippen molar-refractivity contribution in [3.05, 3.63) is 71.8 Å². The van der Waals surface area contributed by atoms with Crippen LogP contribution in [0.4, 0.5) is 11.4 Å². The van der Waals surface area contributed by atoms with Gasteiger partial charge in [0, 0.05) is 37.7 Å². The topological polar surface area (TPSA) is 63.1 Å². The highest BCUT2D eigenvalue weighted by Crippen LogP contribution is 2.30. The third kappa shape index (κ3) is 4.20. The van der Waals surface area contributed by atoms with Gasteiger partial charge in [0.1, 0.15) is 11.6 Å². The van der Waals surface area contributed by atoms with Gasteiger partial charge in [0.05, 0.1) is 11.3 Å². The Labute approximate surface area is 183 Å². The van der Waals surface area contributed by atoms with Crippen LogP contribution in [0.3, 0.4) is 0 Å². The highest BCUT2D eigenvalue weighted by atomic mass is 16.2. The van der Waals surface area contributed by atoms with Crippen LogP contribution in [0.5, 0.6) is 0 Å². The Bertz CT molecular complexity index is 1050. The molecular weight excluding hydrogens is 386 g/mol. The number of hydrogen-bond donors (Lipinski definition) is 1. The largest absolute Gasteiger partial charge is 0.355 e. The van der Waals surface area contributed by atoms with Crippen molar-refractivity contribution < 1.29 is 4.79 Å². The number of fused-ring (bicyclic) bond motifs is 1. The fourth-order valence-electron chi connectivity index (χ4n) is 4.81. The predicted octanol–water partition coefficient (Wildman–Crippen LogP) is 4.77. The number of aryl methyl sites for hydroxylation is 1. The lowest BCUT2D eigenvalue weighted by molar-refractivity contribution is 0.0704. The van der Waals surface area contributed by atoms with Crippen LogP contribution in [-0.4, -0.2) is 38.7 Å². The van der Waals surface area contributed by atoms with E-state index in [4.69, 9.17) is 0 Å². The molecule has 0 aliphatic carbocycles. The molecule has 0 bridgehead atoms. The van der Waals surface area contributed by atoms with Gasteiger partial charge < -0.3 is 14.8 Å². The number of carbonyl (C=O) groups excluding carboxylic acids is 1. The standard InChI is InChI=1S/C25H29N5O/c31-25(21-13-6-7-14-22(21)26-20-11-3-1-4-12-20)29-16-9-10-19(18-29)24-28-27-23-15-5-2-8-17-30(23)24/h1,3-4,6-7,11-14,19,26H,2,5,8-10,15-18H2. The Morgan fingerprint density at radius 1 is 0.903 bits per heavy atom. The second kappa shape index (κ2) is 8.92. The summed E-state index contributed by atoms with van der Waals surface area (Å²) in [6.45, 7) is 2.50. The number of aromatic nitrogens is 3. The Morgan fingerprint density at radius 2 is 1.74 bits per heavy atom. The van der Waals surface area contributed by atoms with E-state index in [0.29, 0.717) is 12.1 Å². The molecule has 1 N–H and O–H groups in total. The van der Waals surface area contributed by atoms with Gasteiger partial charge in [-0.2, -0.15) is 0 Å². The number of benzene rings is 2. The van der Waals surface area contributed by atoms with E-state index in [1.165, 1.54) is 19.3 Å². The molecule has 6 nitrogen and oxygen atoms in total. The van der Waals surface area contributed by atoms with Crippen LogP contribution in [0.2, 0.25) is 0 Å². The van der Waals surface area contributed by atoms with E-state index in [0.717, 1.165) is 55.4 Å². The number of para-hydroxylation sites is 2. The average molecular weight is 416 g/mol. The van der Waals surface area contributed by atoms with Crippen molar-refractivity contribution in [3.63, 3.8) is 0 Å². The molecule has 1 aromatic heterocycles. The molecule has 3 heterocycles. The zero-order valence-corrected chi connectivity index (χ0v) is 17.8. The maximum Gasteiger partial charge on any atom is 0.255 e. The summed E-state index contributed by atoms with van der Waals surface area (Å²) in [6, 6.07) is 17.8. The van der Waals surface area contributed by atoms with Gasteiger partial charge in [-0.1, -0.05) is 36.8 Å². The molecule has 0 radical (unpaired) electrons. The predicted molar refractivity (Wildman–Crippen MR) is 122 cm³/mol. The first-order chi connectivity index (χ1) is 15.3. The first-order valence-electron chi connectivity index (χ1n) is 11.4. The molecule has 1 unspecified atom stereocenters. The number of carbonyl (C=O) groups is 1. The Kier molecular flexibility index (Phi) is 5.69. The molecular formula is C25H29N5O. The third-order valence-electron chi connectivity index (χ3n) is 6.42. The van der Waals surface area contributed by atoms with Crippen LogP contribution in [0.15, 0.2) is 54.6 Å². The van der Waals surface area contributed by atoms with Crippen molar-refractivity contribution in [2.24, 2.45) is 0 Å². The minimum absolute atomic E-state index is 0.0827. The molecule has 0 spiro atoms. The van der Waals surface area contributed by atoms with E-state index in [2.05, 4.69) is 20.1 Å². The van der Waals surface area contributed by atoms with Crippen LogP contribution in [0.25, 0.3) is 0 Å². The normalized spacial score (nSPS) is 18.8. The Morgan fingerprint density at radius 3 is 2.65 bits per heavy atom. The van der Waals surface area contributed by atoms with Gasteiger partial charge in [-0.25, -0.2) is 0 Å². The molecule has 0 saturated carbocycles. The van der Waals surface area contributed by atoms with Crippen LogP contribution >= 0.6 is 0 Å². The molecule has 2 aliphatic heterocycles. The molecule has 31 heavy (non-hydrogen) atoms. The summed E-state index contributed by atoms with van der Waals surface area (Å²) < 4.78 is 2.33. The number of anilines is 2. The summed E-state index contributed by atoms with van der Waals surface area (Å²) in [6.07, 6.45) is 6.70. The first-order valence-corrected chi connectivity index (χ1v) is 11.4. The second-order valence-electron chi connectivity index (χ2n) is 8.56. The van der Waals surface area contributed by atoms with Crippen LogP contribution < -0.4 is 5.32 Å². The Balaban J connectivity index is 1.36. The van der Waals surface area contributed by atoms with Gasteiger partial charge in [-0.3, -0.25) is 4.79 Å². The summed E-state index contributed by atoms with van der Waals surface area (Å²) >= 11 is 0. The zero-order valence-electron chi connectivity index (χ0n) is 17.8. The number of piperidine rings is 1. The maximum absolute atomic E-state index is 13.5. The molecule has 1 amide bonds. The number of hydrogen-bond acceptors (Lipinski definition) is 4. The van der Waals surface area contributed by atoms with Gasteiger partial charge in [-0.05, 0) is 49.9 Å². The lowest BCUT2D eigenvalue weighted by Gasteiger charge is -2.33. The summed E-state index contributed by atoms with van der Waals surface area (Å²) in [4.78, 5) is 15.5. The number of nitrogens with zero attached hydrogens (tertiary/aromatic N) is 4. The first kappa shape index (κ1) is 19.8. The van der Waals surface area contributed by atoms with Crippen LogP contribution in [-0.2, 0) is 13.0 Å². The number of nitrogens with one attached hydrogen (secondary N) is 1. The molecule has 2 aliphatic rings. The van der Waals surface area contributed by atoms with E-state index in [1.807, 2.05) is 59.5 Å². The van der Waals surface area contributed by atoms with Crippen molar-refractivity contribution in [2.45, 2.75) is 51.0 Å². The van der Waals surface area contributed by atoms with Crippen molar-refractivity contribution in [1.29, 1.82) is 0 Å². The minimum atomic E-state index is 0.0827. The van der Waals surface area contributed by atoms with Crippen molar-refractivity contribution in [2.75, 3.05) is 18.4 Å². The van der Waals surface area contributed by atoms with Crippen molar-refractivity contribution >= 4 is 17.3 Å². The summed E-state index contributed by atoms with van der Waals surface area (Å²) in [7, 11) is 0. The van der Waals surface area contributed by atoms with Gasteiger partial charge in [0.2, 0.25) is 0 Å². The van der Waals surface area contributed by atoms with Gasteiger partial charge in [0.25, 0.3) is 5.91 Å². The smallest absolute Gasteiger partial charge is 0.255 e. The van der Waals surface area contributed by atoms with Crippen LogP contribution in [0, 0.1) is 0 Å². The molecule has 1 saturated heterocycles. The van der Waals surface area contributed by atoms with Crippen molar-refractivity contribution in [3.8, 4) is 0 Å². The molecule has 2 aromatic carbocycles. The van der Waals surface area contributed by atoms with E-state index in [1.54, 1.807) is 0 Å².